The third-order valence-electron chi connectivity index (χ3n) is 2.67. The third-order valence-corrected chi connectivity index (χ3v) is 2.67. The summed E-state index contributed by atoms with van der Waals surface area (Å²) in [6, 6.07) is 10.6. The average molecular weight is 206 g/mol. The standard InChI is InChI=1S/C13H22N2/c1-3-15(10-12(2)9-14)11-13-7-5-4-6-8-13/h4-8,12H,3,9-11,14H2,1-2H3. The molecule has 0 aliphatic rings. The van der Waals surface area contributed by atoms with E-state index in [0.29, 0.717) is 5.92 Å². The molecule has 0 saturated heterocycles. The predicted octanol–water partition coefficient (Wildman–Crippen LogP) is 2.10. The number of rotatable bonds is 6. The number of hydrogen-bond acceptors (Lipinski definition) is 2. The number of benzene rings is 1. The quantitative estimate of drug-likeness (QED) is 0.772. The smallest absolute Gasteiger partial charge is 0.0233 e. The van der Waals surface area contributed by atoms with Crippen LogP contribution in [0.25, 0.3) is 0 Å². The summed E-state index contributed by atoms with van der Waals surface area (Å²) in [6.07, 6.45) is 0. The van der Waals surface area contributed by atoms with Gasteiger partial charge in [0.2, 0.25) is 0 Å². The van der Waals surface area contributed by atoms with E-state index in [1.807, 2.05) is 0 Å². The molecule has 0 aliphatic carbocycles. The maximum atomic E-state index is 5.64. The molecule has 1 aromatic rings. The lowest BCUT2D eigenvalue weighted by Crippen LogP contribution is -2.31. The van der Waals surface area contributed by atoms with Gasteiger partial charge in [0.1, 0.15) is 0 Å². The van der Waals surface area contributed by atoms with E-state index < -0.39 is 0 Å². The Kier molecular flexibility index (Phi) is 5.37. The minimum Gasteiger partial charge on any atom is -0.330 e. The molecule has 0 bridgehead atoms. The van der Waals surface area contributed by atoms with Gasteiger partial charge < -0.3 is 5.73 Å². The van der Waals surface area contributed by atoms with Gasteiger partial charge in [-0.1, -0.05) is 44.2 Å². The summed E-state index contributed by atoms with van der Waals surface area (Å²) in [7, 11) is 0. The fourth-order valence-corrected chi connectivity index (χ4v) is 1.66. The molecule has 0 saturated carbocycles. The second-order valence-corrected chi connectivity index (χ2v) is 4.15. The number of nitrogens with two attached hydrogens (primary N) is 1. The second-order valence-electron chi connectivity index (χ2n) is 4.15. The SMILES string of the molecule is CCN(Cc1ccccc1)CC(C)CN. The minimum atomic E-state index is 0.577. The molecule has 0 radical (unpaired) electrons. The predicted molar refractivity (Wildman–Crippen MR) is 65.6 cm³/mol. The van der Waals surface area contributed by atoms with Crippen molar-refractivity contribution in [1.29, 1.82) is 0 Å². The largest absolute Gasteiger partial charge is 0.330 e. The Hall–Kier alpha value is -0.860. The fraction of sp³-hybridized carbons (Fsp3) is 0.538. The van der Waals surface area contributed by atoms with Crippen LogP contribution >= 0.6 is 0 Å². The van der Waals surface area contributed by atoms with E-state index in [0.717, 1.165) is 26.2 Å². The highest BCUT2D eigenvalue weighted by atomic mass is 15.1. The Morgan fingerprint density at radius 1 is 1.27 bits per heavy atom. The van der Waals surface area contributed by atoms with Gasteiger partial charge in [-0.05, 0) is 24.6 Å². The highest BCUT2D eigenvalue weighted by Gasteiger charge is 2.07. The molecule has 1 atom stereocenters. The van der Waals surface area contributed by atoms with Gasteiger partial charge in [0.05, 0.1) is 0 Å². The van der Waals surface area contributed by atoms with Gasteiger partial charge in [-0.25, -0.2) is 0 Å². The van der Waals surface area contributed by atoms with Gasteiger partial charge in [-0.3, -0.25) is 4.90 Å². The van der Waals surface area contributed by atoms with Crippen molar-refractivity contribution in [3.05, 3.63) is 35.9 Å². The molecule has 0 fully saturated rings. The molecule has 1 rings (SSSR count). The van der Waals surface area contributed by atoms with Gasteiger partial charge >= 0.3 is 0 Å². The lowest BCUT2D eigenvalue weighted by molar-refractivity contribution is 0.243. The first kappa shape index (κ1) is 12.2. The van der Waals surface area contributed by atoms with Crippen LogP contribution in [0.5, 0.6) is 0 Å². The second kappa shape index (κ2) is 6.59. The zero-order valence-electron chi connectivity index (χ0n) is 9.82. The van der Waals surface area contributed by atoms with Crippen LogP contribution in [-0.4, -0.2) is 24.5 Å². The molecule has 1 aromatic carbocycles. The summed E-state index contributed by atoms with van der Waals surface area (Å²) < 4.78 is 0. The van der Waals surface area contributed by atoms with Crippen LogP contribution in [0.4, 0.5) is 0 Å². The van der Waals surface area contributed by atoms with Gasteiger partial charge in [-0.2, -0.15) is 0 Å². The van der Waals surface area contributed by atoms with Crippen LogP contribution in [0.2, 0.25) is 0 Å². The van der Waals surface area contributed by atoms with Crippen LogP contribution in [0, 0.1) is 5.92 Å². The van der Waals surface area contributed by atoms with Gasteiger partial charge in [0, 0.05) is 13.1 Å². The zero-order valence-corrected chi connectivity index (χ0v) is 9.82. The Labute approximate surface area is 93.1 Å². The van der Waals surface area contributed by atoms with E-state index in [4.69, 9.17) is 5.73 Å². The van der Waals surface area contributed by atoms with Crippen molar-refractivity contribution in [2.24, 2.45) is 11.7 Å². The van der Waals surface area contributed by atoms with Gasteiger partial charge in [-0.15, -0.1) is 0 Å². The van der Waals surface area contributed by atoms with E-state index in [1.165, 1.54) is 5.56 Å². The van der Waals surface area contributed by atoms with E-state index in [-0.39, 0.29) is 0 Å². The molecule has 1 unspecified atom stereocenters. The Bertz CT molecular complexity index is 258. The summed E-state index contributed by atoms with van der Waals surface area (Å²) in [5, 5.41) is 0. The zero-order chi connectivity index (χ0) is 11.1. The molecule has 15 heavy (non-hydrogen) atoms. The fourth-order valence-electron chi connectivity index (χ4n) is 1.66. The molecule has 0 spiro atoms. The summed E-state index contributed by atoms with van der Waals surface area (Å²) in [5.41, 5.74) is 7.02. The summed E-state index contributed by atoms with van der Waals surface area (Å²) >= 11 is 0. The van der Waals surface area contributed by atoms with Crippen molar-refractivity contribution in [3.8, 4) is 0 Å². The van der Waals surface area contributed by atoms with Crippen LogP contribution in [0.3, 0.4) is 0 Å². The average Bonchev–Trinajstić information content (AvgIpc) is 2.29. The lowest BCUT2D eigenvalue weighted by atomic mass is 10.1. The highest BCUT2D eigenvalue weighted by Crippen LogP contribution is 2.06. The molecule has 2 N–H and O–H groups in total. The first-order chi connectivity index (χ1) is 7.26. The van der Waals surface area contributed by atoms with Crippen molar-refractivity contribution in [2.75, 3.05) is 19.6 Å². The first-order valence-corrected chi connectivity index (χ1v) is 5.72. The molecule has 2 heteroatoms. The molecule has 0 heterocycles. The Morgan fingerprint density at radius 3 is 2.47 bits per heavy atom. The van der Waals surface area contributed by atoms with Gasteiger partial charge in [0.15, 0.2) is 0 Å². The monoisotopic (exact) mass is 206 g/mol. The van der Waals surface area contributed by atoms with Crippen LogP contribution in [0.1, 0.15) is 19.4 Å². The summed E-state index contributed by atoms with van der Waals surface area (Å²) in [5.74, 6) is 0.577. The third kappa shape index (κ3) is 4.45. The summed E-state index contributed by atoms with van der Waals surface area (Å²) in [6.45, 7) is 8.37. The Balaban J connectivity index is 2.47. The lowest BCUT2D eigenvalue weighted by Gasteiger charge is -2.23. The van der Waals surface area contributed by atoms with E-state index >= 15 is 0 Å². The molecule has 2 nitrogen and oxygen atoms in total. The van der Waals surface area contributed by atoms with E-state index in [9.17, 15) is 0 Å². The topological polar surface area (TPSA) is 29.3 Å². The summed E-state index contributed by atoms with van der Waals surface area (Å²) in [4.78, 5) is 2.44. The van der Waals surface area contributed by atoms with Crippen LogP contribution in [-0.2, 0) is 6.54 Å². The molecule has 0 aromatic heterocycles. The van der Waals surface area contributed by atoms with Crippen LogP contribution in [0.15, 0.2) is 30.3 Å². The minimum absolute atomic E-state index is 0.577. The molecular formula is C13H22N2. The maximum Gasteiger partial charge on any atom is 0.0233 e. The van der Waals surface area contributed by atoms with Crippen molar-refractivity contribution < 1.29 is 0 Å². The normalized spacial score (nSPS) is 13.1. The van der Waals surface area contributed by atoms with Crippen molar-refractivity contribution >= 4 is 0 Å². The van der Waals surface area contributed by atoms with E-state index in [2.05, 4.69) is 49.1 Å². The van der Waals surface area contributed by atoms with Crippen LogP contribution < -0.4 is 5.73 Å². The molecule has 0 amide bonds. The van der Waals surface area contributed by atoms with E-state index in [1.54, 1.807) is 0 Å². The Morgan fingerprint density at radius 2 is 1.93 bits per heavy atom. The van der Waals surface area contributed by atoms with Crippen molar-refractivity contribution in [2.45, 2.75) is 20.4 Å². The molecular weight excluding hydrogens is 184 g/mol. The number of nitrogens with zero attached hydrogens (tertiary/aromatic N) is 1. The van der Waals surface area contributed by atoms with Crippen molar-refractivity contribution in [3.63, 3.8) is 0 Å². The van der Waals surface area contributed by atoms with Crippen molar-refractivity contribution in [1.82, 2.24) is 4.90 Å². The molecule has 84 valence electrons. The highest BCUT2D eigenvalue weighted by molar-refractivity contribution is 5.14. The first-order valence-electron chi connectivity index (χ1n) is 5.72. The molecule has 0 aliphatic heterocycles. The maximum absolute atomic E-state index is 5.64. The number of hydrogen-bond donors (Lipinski definition) is 1. The van der Waals surface area contributed by atoms with Gasteiger partial charge in [0.25, 0.3) is 0 Å².